The number of hydrogen-bond acceptors (Lipinski definition) is 3. The molecule has 0 fully saturated rings. The summed E-state index contributed by atoms with van der Waals surface area (Å²) < 4.78 is 14.0. The first-order valence-electron chi connectivity index (χ1n) is 7.08. The van der Waals surface area contributed by atoms with Crippen LogP contribution in [0.2, 0.25) is 0 Å². The van der Waals surface area contributed by atoms with Crippen molar-refractivity contribution in [2.24, 2.45) is 5.73 Å². The lowest BCUT2D eigenvalue weighted by Crippen LogP contribution is -2.46. The van der Waals surface area contributed by atoms with E-state index in [1.165, 1.54) is 6.07 Å². The monoisotopic (exact) mass is 288 g/mol. The maximum atomic E-state index is 14.0. The molecule has 0 amide bonds. The Bertz CT molecular complexity index is 576. The number of hydrogen-bond donors (Lipinski definition) is 2. The van der Waals surface area contributed by atoms with Gasteiger partial charge < -0.3 is 15.7 Å². The summed E-state index contributed by atoms with van der Waals surface area (Å²) in [4.78, 5) is 1.80. The Kier molecular flexibility index (Phi) is 4.94. The van der Waals surface area contributed by atoms with Crippen LogP contribution < -0.4 is 10.6 Å². The molecule has 0 aromatic heterocycles. The van der Waals surface area contributed by atoms with E-state index in [2.05, 4.69) is 0 Å². The fourth-order valence-electron chi connectivity index (χ4n) is 2.41. The molecular formula is C17H21FN2O. The van der Waals surface area contributed by atoms with Crippen molar-refractivity contribution in [3.05, 3.63) is 66.0 Å². The first-order chi connectivity index (χ1) is 10.1. The maximum absolute atomic E-state index is 14.0. The Balaban J connectivity index is 2.30. The molecule has 1 unspecified atom stereocenters. The minimum atomic E-state index is -1.21. The van der Waals surface area contributed by atoms with Gasteiger partial charge in [0.25, 0.3) is 0 Å². The summed E-state index contributed by atoms with van der Waals surface area (Å²) in [6.07, 6.45) is 0. The van der Waals surface area contributed by atoms with Gasteiger partial charge in [-0.15, -0.1) is 0 Å². The van der Waals surface area contributed by atoms with Crippen molar-refractivity contribution in [1.82, 2.24) is 0 Å². The Morgan fingerprint density at radius 3 is 2.29 bits per heavy atom. The van der Waals surface area contributed by atoms with Crippen LogP contribution in [0.1, 0.15) is 12.5 Å². The van der Waals surface area contributed by atoms with Gasteiger partial charge in [0.1, 0.15) is 11.4 Å². The zero-order chi connectivity index (χ0) is 15.3. The van der Waals surface area contributed by atoms with Crippen LogP contribution in [-0.4, -0.2) is 24.7 Å². The van der Waals surface area contributed by atoms with Crippen LogP contribution in [0.4, 0.5) is 10.1 Å². The van der Waals surface area contributed by atoms with E-state index >= 15 is 0 Å². The molecular weight excluding hydrogens is 267 g/mol. The topological polar surface area (TPSA) is 49.5 Å². The van der Waals surface area contributed by atoms with Gasteiger partial charge >= 0.3 is 0 Å². The van der Waals surface area contributed by atoms with Crippen LogP contribution >= 0.6 is 0 Å². The maximum Gasteiger partial charge on any atom is 0.146 e. The number of rotatable bonds is 6. The van der Waals surface area contributed by atoms with Crippen LogP contribution in [0.3, 0.4) is 0 Å². The molecule has 112 valence electrons. The highest BCUT2D eigenvalue weighted by Gasteiger charge is 2.30. The van der Waals surface area contributed by atoms with Crippen molar-refractivity contribution in [2.45, 2.75) is 12.5 Å². The van der Waals surface area contributed by atoms with Crippen molar-refractivity contribution in [3.63, 3.8) is 0 Å². The molecule has 2 aromatic carbocycles. The Morgan fingerprint density at radius 1 is 1.10 bits per heavy atom. The lowest BCUT2D eigenvalue weighted by atomic mass is 9.93. The Morgan fingerprint density at radius 2 is 1.71 bits per heavy atom. The quantitative estimate of drug-likeness (QED) is 0.858. The number of para-hydroxylation sites is 1. The third kappa shape index (κ3) is 3.40. The molecule has 1 atom stereocenters. The molecule has 0 aliphatic heterocycles. The normalized spacial score (nSPS) is 13.7. The van der Waals surface area contributed by atoms with Crippen LogP contribution in [-0.2, 0) is 5.60 Å². The molecule has 3 nitrogen and oxygen atoms in total. The lowest BCUT2D eigenvalue weighted by Gasteiger charge is -2.34. The van der Waals surface area contributed by atoms with E-state index < -0.39 is 5.60 Å². The smallest absolute Gasteiger partial charge is 0.146 e. The van der Waals surface area contributed by atoms with Crippen molar-refractivity contribution < 1.29 is 9.50 Å². The summed E-state index contributed by atoms with van der Waals surface area (Å²) in [6.45, 7) is 2.82. The van der Waals surface area contributed by atoms with Gasteiger partial charge in [0.2, 0.25) is 0 Å². The summed E-state index contributed by atoms with van der Waals surface area (Å²) in [5.74, 6) is -0.299. The molecule has 0 aliphatic carbocycles. The molecule has 0 bridgehead atoms. The highest BCUT2D eigenvalue weighted by atomic mass is 19.1. The minimum absolute atomic E-state index is 0.0714. The second kappa shape index (κ2) is 6.70. The van der Waals surface area contributed by atoms with Crippen LogP contribution in [0, 0.1) is 5.82 Å². The van der Waals surface area contributed by atoms with Crippen molar-refractivity contribution in [1.29, 1.82) is 0 Å². The number of anilines is 1. The first kappa shape index (κ1) is 15.5. The van der Waals surface area contributed by atoms with Crippen molar-refractivity contribution in [2.75, 3.05) is 24.5 Å². The van der Waals surface area contributed by atoms with Gasteiger partial charge in [-0.05, 0) is 24.6 Å². The van der Waals surface area contributed by atoms with E-state index in [9.17, 15) is 9.50 Å². The number of likely N-dealkylation sites (N-methyl/N-ethyl adjacent to an activating group) is 1. The number of halogens is 1. The highest BCUT2D eigenvalue weighted by molar-refractivity contribution is 5.48. The molecule has 2 rings (SSSR count). The third-order valence-corrected chi connectivity index (χ3v) is 3.68. The van der Waals surface area contributed by atoms with Gasteiger partial charge in [0.15, 0.2) is 0 Å². The standard InChI is InChI=1S/C17H21FN2O/c1-2-20(16-11-7-6-10-15(16)18)13-17(21,12-19)14-8-4-3-5-9-14/h3-11,21H,2,12-13,19H2,1H3. The Hall–Kier alpha value is -1.91. The number of aliphatic hydroxyl groups is 1. The molecule has 0 saturated carbocycles. The van der Waals surface area contributed by atoms with Gasteiger partial charge in [0.05, 0.1) is 12.2 Å². The molecule has 0 aliphatic rings. The fraction of sp³-hybridized carbons (Fsp3) is 0.294. The summed E-state index contributed by atoms with van der Waals surface area (Å²) in [5, 5.41) is 10.9. The number of nitrogens with two attached hydrogens (primary N) is 1. The number of benzene rings is 2. The van der Waals surface area contributed by atoms with Gasteiger partial charge in [0, 0.05) is 13.1 Å². The average Bonchev–Trinajstić information content (AvgIpc) is 2.54. The van der Waals surface area contributed by atoms with E-state index in [0.717, 1.165) is 5.56 Å². The van der Waals surface area contributed by atoms with Crippen LogP contribution in [0.25, 0.3) is 0 Å². The molecule has 0 heterocycles. The molecule has 0 saturated heterocycles. The zero-order valence-corrected chi connectivity index (χ0v) is 12.2. The lowest BCUT2D eigenvalue weighted by molar-refractivity contribution is 0.0532. The first-order valence-corrected chi connectivity index (χ1v) is 7.08. The predicted octanol–water partition coefficient (Wildman–Crippen LogP) is 2.50. The summed E-state index contributed by atoms with van der Waals surface area (Å²) in [5.41, 5.74) is 5.79. The van der Waals surface area contributed by atoms with Gasteiger partial charge in [-0.25, -0.2) is 4.39 Å². The van der Waals surface area contributed by atoms with E-state index in [4.69, 9.17) is 5.73 Å². The van der Waals surface area contributed by atoms with Gasteiger partial charge in [-0.1, -0.05) is 42.5 Å². The van der Waals surface area contributed by atoms with Gasteiger partial charge in [-0.2, -0.15) is 0 Å². The fourth-order valence-corrected chi connectivity index (χ4v) is 2.41. The molecule has 2 aromatic rings. The van der Waals surface area contributed by atoms with Crippen molar-refractivity contribution >= 4 is 5.69 Å². The largest absolute Gasteiger partial charge is 0.382 e. The number of nitrogens with zero attached hydrogens (tertiary/aromatic N) is 1. The SMILES string of the molecule is CCN(CC(O)(CN)c1ccccc1)c1ccccc1F. The highest BCUT2D eigenvalue weighted by Crippen LogP contribution is 2.26. The average molecular weight is 288 g/mol. The third-order valence-electron chi connectivity index (χ3n) is 3.68. The molecule has 0 radical (unpaired) electrons. The van der Waals surface area contributed by atoms with E-state index in [-0.39, 0.29) is 18.9 Å². The minimum Gasteiger partial charge on any atom is -0.382 e. The van der Waals surface area contributed by atoms with Gasteiger partial charge in [-0.3, -0.25) is 0 Å². The summed E-state index contributed by atoms with van der Waals surface area (Å²) >= 11 is 0. The van der Waals surface area contributed by atoms with E-state index in [1.807, 2.05) is 37.3 Å². The van der Waals surface area contributed by atoms with E-state index in [1.54, 1.807) is 23.1 Å². The van der Waals surface area contributed by atoms with Crippen LogP contribution in [0.5, 0.6) is 0 Å². The summed E-state index contributed by atoms with van der Waals surface area (Å²) in [6, 6.07) is 15.8. The second-order valence-electron chi connectivity index (χ2n) is 5.07. The van der Waals surface area contributed by atoms with E-state index in [0.29, 0.717) is 12.2 Å². The molecule has 3 N–H and O–H groups in total. The van der Waals surface area contributed by atoms with Crippen molar-refractivity contribution in [3.8, 4) is 0 Å². The second-order valence-corrected chi connectivity index (χ2v) is 5.07. The Labute approximate surface area is 124 Å². The molecule has 0 spiro atoms. The molecule has 4 heteroatoms. The molecule has 21 heavy (non-hydrogen) atoms. The summed E-state index contributed by atoms with van der Waals surface area (Å²) in [7, 11) is 0. The van der Waals surface area contributed by atoms with Crippen LogP contribution in [0.15, 0.2) is 54.6 Å². The predicted molar refractivity (Wildman–Crippen MR) is 83.7 cm³/mol. The zero-order valence-electron chi connectivity index (χ0n) is 12.2.